The van der Waals surface area contributed by atoms with Gasteiger partial charge in [-0.1, -0.05) is 0 Å². The Hall–Kier alpha value is -2.82. The van der Waals surface area contributed by atoms with Crippen LogP contribution in [0.4, 0.5) is 0 Å². The van der Waals surface area contributed by atoms with Gasteiger partial charge in [0.1, 0.15) is 5.52 Å². The van der Waals surface area contributed by atoms with Gasteiger partial charge in [-0.05, 0) is 30.3 Å². The van der Waals surface area contributed by atoms with Crippen LogP contribution in [0, 0.1) is 0 Å². The van der Waals surface area contributed by atoms with Gasteiger partial charge in [0.25, 0.3) is 0 Å². The van der Waals surface area contributed by atoms with Gasteiger partial charge in [-0.2, -0.15) is 0 Å². The zero-order valence-corrected chi connectivity index (χ0v) is 11.2. The maximum absolute atomic E-state index is 12.1. The minimum Gasteiger partial charge on any atom is -0.443 e. The van der Waals surface area contributed by atoms with Crippen molar-refractivity contribution in [3.05, 3.63) is 60.2 Å². The fourth-order valence-electron chi connectivity index (χ4n) is 2.07. The second kappa shape index (κ2) is 5.66. The highest BCUT2D eigenvalue weighted by Gasteiger charge is 2.12. The van der Waals surface area contributed by atoms with E-state index < -0.39 is 0 Å². The molecule has 0 spiro atoms. The Balaban J connectivity index is 1.67. The largest absolute Gasteiger partial charge is 0.443 e. The lowest BCUT2D eigenvalue weighted by atomic mass is 10.0. The maximum atomic E-state index is 12.1. The molecule has 0 aliphatic carbocycles. The monoisotopic (exact) mass is 280 g/mol. The highest BCUT2D eigenvalue weighted by molar-refractivity contribution is 6.03. The van der Waals surface area contributed by atoms with Crippen LogP contribution >= 0.6 is 0 Å². The topological polar surface area (TPSA) is 73.1 Å². The molecular formula is C16H12N2O3. The van der Waals surface area contributed by atoms with Gasteiger partial charge < -0.3 is 4.42 Å². The first-order chi connectivity index (χ1) is 10.2. The van der Waals surface area contributed by atoms with Crippen molar-refractivity contribution < 1.29 is 14.0 Å². The van der Waals surface area contributed by atoms with Crippen molar-refractivity contribution >= 4 is 22.7 Å². The van der Waals surface area contributed by atoms with E-state index in [0.29, 0.717) is 22.2 Å². The molecule has 0 aliphatic rings. The molecule has 0 fully saturated rings. The van der Waals surface area contributed by atoms with Gasteiger partial charge in [0.2, 0.25) is 0 Å². The number of Topliss-reactive ketones (excluding diaryl/α,β-unsaturated/α-hetero) is 2. The number of benzene rings is 1. The van der Waals surface area contributed by atoms with Crippen LogP contribution in [0.2, 0.25) is 0 Å². The molecule has 0 aliphatic heterocycles. The van der Waals surface area contributed by atoms with Crippen LogP contribution in [0.15, 0.2) is 53.5 Å². The van der Waals surface area contributed by atoms with E-state index in [-0.39, 0.29) is 24.4 Å². The molecule has 0 saturated carbocycles. The first kappa shape index (κ1) is 13.2. The summed E-state index contributed by atoms with van der Waals surface area (Å²) in [5.41, 5.74) is 2.34. The summed E-state index contributed by atoms with van der Waals surface area (Å²) in [6.45, 7) is 0. The second-order valence-electron chi connectivity index (χ2n) is 4.62. The van der Waals surface area contributed by atoms with Gasteiger partial charge in [0.15, 0.2) is 23.5 Å². The summed E-state index contributed by atoms with van der Waals surface area (Å²) < 4.78 is 5.13. The summed E-state index contributed by atoms with van der Waals surface area (Å²) in [5.74, 6) is -0.170. The molecule has 5 nitrogen and oxygen atoms in total. The second-order valence-corrected chi connectivity index (χ2v) is 4.62. The first-order valence-corrected chi connectivity index (χ1v) is 6.54. The molecule has 0 amide bonds. The lowest BCUT2D eigenvalue weighted by molar-refractivity contribution is 0.0917. The van der Waals surface area contributed by atoms with Gasteiger partial charge in [-0.15, -0.1) is 0 Å². The van der Waals surface area contributed by atoms with E-state index in [2.05, 4.69) is 9.97 Å². The number of hydrogen-bond acceptors (Lipinski definition) is 5. The number of hydrogen-bond donors (Lipinski definition) is 0. The van der Waals surface area contributed by atoms with Gasteiger partial charge in [-0.3, -0.25) is 14.6 Å². The van der Waals surface area contributed by atoms with Crippen LogP contribution in [0.5, 0.6) is 0 Å². The summed E-state index contributed by atoms with van der Waals surface area (Å²) in [4.78, 5) is 32.0. The molecule has 0 N–H and O–H groups in total. The van der Waals surface area contributed by atoms with E-state index in [1.165, 1.54) is 12.6 Å². The molecule has 3 aromatic rings. The fourth-order valence-corrected chi connectivity index (χ4v) is 2.07. The number of rotatable bonds is 5. The standard InChI is InChI=1S/C16H12N2O3/c19-14(4-5-15(20)12-2-1-7-17-9-12)11-3-6-16-13(8-11)18-10-21-16/h1-3,6-10H,4-5H2. The number of ketones is 2. The van der Waals surface area contributed by atoms with Crippen LogP contribution in [-0.2, 0) is 0 Å². The Kier molecular flexibility index (Phi) is 3.55. The molecule has 2 heterocycles. The molecule has 104 valence electrons. The number of pyridine rings is 1. The van der Waals surface area contributed by atoms with Crippen molar-refractivity contribution in [3.63, 3.8) is 0 Å². The molecule has 1 aromatic carbocycles. The third kappa shape index (κ3) is 2.86. The summed E-state index contributed by atoms with van der Waals surface area (Å²) >= 11 is 0. The summed E-state index contributed by atoms with van der Waals surface area (Å²) in [7, 11) is 0. The molecule has 3 rings (SSSR count). The molecule has 2 aromatic heterocycles. The van der Waals surface area contributed by atoms with Crippen molar-refractivity contribution in [1.82, 2.24) is 9.97 Å². The molecule has 0 atom stereocenters. The van der Waals surface area contributed by atoms with Crippen LogP contribution in [0.3, 0.4) is 0 Å². The van der Waals surface area contributed by atoms with Gasteiger partial charge in [-0.25, -0.2) is 4.98 Å². The number of carbonyl (C=O) groups is 2. The van der Waals surface area contributed by atoms with Gasteiger partial charge >= 0.3 is 0 Å². The number of carbonyl (C=O) groups excluding carboxylic acids is 2. The number of aromatic nitrogens is 2. The zero-order valence-electron chi connectivity index (χ0n) is 11.2. The predicted molar refractivity (Wildman–Crippen MR) is 76.1 cm³/mol. The van der Waals surface area contributed by atoms with Crippen molar-refractivity contribution in [3.8, 4) is 0 Å². The molecule has 5 heteroatoms. The number of nitrogens with zero attached hydrogens (tertiary/aromatic N) is 2. The lowest BCUT2D eigenvalue weighted by Gasteiger charge is -2.01. The van der Waals surface area contributed by atoms with Gasteiger partial charge in [0, 0.05) is 36.4 Å². The molecule has 21 heavy (non-hydrogen) atoms. The van der Waals surface area contributed by atoms with E-state index in [9.17, 15) is 9.59 Å². The van der Waals surface area contributed by atoms with Crippen molar-refractivity contribution in [2.45, 2.75) is 12.8 Å². The van der Waals surface area contributed by atoms with Crippen molar-refractivity contribution in [1.29, 1.82) is 0 Å². The quantitative estimate of drug-likeness (QED) is 0.671. The number of oxazole rings is 1. The predicted octanol–water partition coefficient (Wildman–Crippen LogP) is 3.07. The minimum absolute atomic E-state index is 0.0843. The molecule has 0 radical (unpaired) electrons. The van der Waals surface area contributed by atoms with E-state index >= 15 is 0 Å². The third-order valence-electron chi connectivity index (χ3n) is 3.22. The fraction of sp³-hybridized carbons (Fsp3) is 0.125. The Morgan fingerprint density at radius 2 is 1.86 bits per heavy atom. The minimum atomic E-state index is -0.0860. The van der Waals surface area contributed by atoms with Crippen LogP contribution in [0.1, 0.15) is 33.6 Å². The summed E-state index contributed by atoms with van der Waals surface area (Å²) in [6.07, 6.45) is 4.78. The molecule has 0 saturated heterocycles. The van der Waals surface area contributed by atoms with Crippen LogP contribution in [-0.4, -0.2) is 21.5 Å². The van der Waals surface area contributed by atoms with E-state index in [4.69, 9.17) is 4.42 Å². The van der Waals surface area contributed by atoms with E-state index in [1.807, 2.05) is 0 Å². The average molecular weight is 280 g/mol. The lowest BCUT2D eigenvalue weighted by Crippen LogP contribution is -2.05. The normalized spacial score (nSPS) is 10.7. The van der Waals surface area contributed by atoms with Crippen LogP contribution in [0.25, 0.3) is 11.1 Å². The van der Waals surface area contributed by atoms with Crippen molar-refractivity contribution in [2.24, 2.45) is 0 Å². The zero-order chi connectivity index (χ0) is 14.7. The van der Waals surface area contributed by atoms with Crippen LogP contribution < -0.4 is 0 Å². The highest BCUT2D eigenvalue weighted by atomic mass is 16.3. The smallest absolute Gasteiger partial charge is 0.181 e. The molecule has 0 bridgehead atoms. The third-order valence-corrected chi connectivity index (χ3v) is 3.22. The first-order valence-electron chi connectivity index (χ1n) is 6.54. The Labute approximate surface area is 120 Å². The average Bonchev–Trinajstić information content (AvgIpc) is 3.00. The molecular weight excluding hydrogens is 268 g/mol. The number of fused-ring (bicyclic) bond motifs is 1. The summed E-state index contributed by atoms with van der Waals surface area (Å²) in [5, 5.41) is 0. The van der Waals surface area contributed by atoms with E-state index in [0.717, 1.165) is 0 Å². The maximum Gasteiger partial charge on any atom is 0.181 e. The van der Waals surface area contributed by atoms with Gasteiger partial charge in [0.05, 0.1) is 0 Å². The summed E-state index contributed by atoms with van der Waals surface area (Å²) in [6, 6.07) is 8.47. The SMILES string of the molecule is O=C(CCC(=O)c1ccc2ocnc2c1)c1cccnc1. The molecule has 0 unspecified atom stereocenters. The van der Waals surface area contributed by atoms with Crippen molar-refractivity contribution in [2.75, 3.05) is 0 Å². The Morgan fingerprint density at radius 1 is 1.05 bits per heavy atom. The highest BCUT2D eigenvalue weighted by Crippen LogP contribution is 2.16. The van der Waals surface area contributed by atoms with E-state index in [1.54, 1.807) is 36.5 Å². The Morgan fingerprint density at radius 3 is 2.62 bits per heavy atom. The Bertz CT molecular complexity index is 793.